The van der Waals surface area contributed by atoms with Crippen LogP contribution >= 0.6 is 0 Å². The fourth-order valence-corrected chi connectivity index (χ4v) is 2.09. The van der Waals surface area contributed by atoms with Gasteiger partial charge in [-0.1, -0.05) is 0 Å². The molecule has 0 saturated carbocycles. The largest absolute Gasteiger partial charge is 0.497 e. The lowest BCUT2D eigenvalue weighted by atomic mass is 10.1. The topological polar surface area (TPSA) is 60.4 Å². The molecule has 17 heavy (non-hydrogen) atoms. The number of nitrogens with zero attached hydrogens (tertiary/aromatic N) is 1. The van der Waals surface area contributed by atoms with Crippen LogP contribution in [-0.4, -0.2) is 23.3 Å². The molecule has 92 valence electrons. The highest BCUT2D eigenvalue weighted by molar-refractivity contribution is 5.85. The zero-order valence-corrected chi connectivity index (χ0v) is 10.2. The van der Waals surface area contributed by atoms with Gasteiger partial charge in [-0.25, -0.2) is 0 Å². The summed E-state index contributed by atoms with van der Waals surface area (Å²) in [6.45, 7) is 3.09. The number of methoxy groups -OCH3 is 1. The molecular weight excluding hydrogens is 216 g/mol. The molecule has 1 heterocycles. The van der Waals surface area contributed by atoms with E-state index in [1.54, 1.807) is 14.0 Å². The Labute approximate surface area is 101 Å². The second-order valence-corrected chi connectivity index (χ2v) is 4.13. The van der Waals surface area contributed by atoms with Gasteiger partial charge in [-0.2, -0.15) is 0 Å². The smallest absolute Gasteiger partial charge is 0.119 e. The Balaban J connectivity index is 2.63. The minimum absolute atomic E-state index is 0.497. The Bertz CT molecular complexity index is 517. The predicted octanol–water partition coefficient (Wildman–Crippen LogP) is 1.66. The van der Waals surface area contributed by atoms with Crippen molar-refractivity contribution >= 4 is 10.9 Å². The van der Waals surface area contributed by atoms with Gasteiger partial charge in [0, 0.05) is 35.8 Å². The predicted molar refractivity (Wildman–Crippen MR) is 68.2 cm³/mol. The summed E-state index contributed by atoms with van der Waals surface area (Å²) in [6, 6.07) is 5.86. The van der Waals surface area contributed by atoms with Gasteiger partial charge >= 0.3 is 0 Å². The van der Waals surface area contributed by atoms with Gasteiger partial charge in [-0.15, -0.1) is 0 Å². The zero-order chi connectivity index (χ0) is 12.4. The minimum atomic E-state index is -0.497. The van der Waals surface area contributed by atoms with Crippen LogP contribution in [0.15, 0.2) is 24.4 Å². The lowest BCUT2D eigenvalue weighted by Gasteiger charge is -2.04. The monoisotopic (exact) mass is 234 g/mol. The molecule has 1 aromatic heterocycles. The quantitative estimate of drug-likeness (QED) is 0.845. The number of aromatic nitrogens is 1. The summed E-state index contributed by atoms with van der Waals surface area (Å²) >= 11 is 0. The normalized spacial score (nSPS) is 12.9. The number of rotatable bonds is 4. The van der Waals surface area contributed by atoms with Gasteiger partial charge in [-0.05, 0) is 25.1 Å². The number of ether oxygens (including phenoxy) is 1. The highest BCUT2D eigenvalue weighted by atomic mass is 16.5. The number of fused-ring (bicyclic) bond motifs is 1. The fourth-order valence-electron chi connectivity index (χ4n) is 2.09. The number of hydrogen-bond donors (Lipinski definition) is 2. The first-order valence-electron chi connectivity index (χ1n) is 5.72. The molecule has 2 rings (SSSR count). The Morgan fingerprint density at radius 3 is 2.82 bits per heavy atom. The molecule has 1 aromatic carbocycles. The molecule has 1 unspecified atom stereocenters. The van der Waals surface area contributed by atoms with Crippen molar-refractivity contribution in [3.05, 3.63) is 30.0 Å². The van der Waals surface area contributed by atoms with E-state index in [0.29, 0.717) is 6.54 Å². The van der Waals surface area contributed by atoms with E-state index in [1.807, 2.05) is 24.4 Å². The summed E-state index contributed by atoms with van der Waals surface area (Å²) in [4.78, 5) is 0. The standard InChI is InChI=1S/C13H18N2O2/c1-9(16)12-8-15(6-5-14)13-4-3-10(17-2)7-11(12)13/h3-4,7-9,16H,5-6,14H2,1-2H3. The molecule has 0 saturated heterocycles. The Hall–Kier alpha value is -1.52. The molecule has 3 N–H and O–H groups in total. The van der Waals surface area contributed by atoms with E-state index in [4.69, 9.17) is 10.5 Å². The third-order valence-corrected chi connectivity index (χ3v) is 2.94. The van der Waals surface area contributed by atoms with Crippen LogP contribution in [0.2, 0.25) is 0 Å². The van der Waals surface area contributed by atoms with Crippen molar-refractivity contribution in [1.82, 2.24) is 4.57 Å². The van der Waals surface area contributed by atoms with Gasteiger partial charge in [0.2, 0.25) is 0 Å². The maximum absolute atomic E-state index is 9.78. The lowest BCUT2D eigenvalue weighted by Crippen LogP contribution is -2.08. The van der Waals surface area contributed by atoms with Gasteiger partial charge in [0.15, 0.2) is 0 Å². The van der Waals surface area contributed by atoms with E-state index < -0.39 is 6.10 Å². The number of nitrogens with two attached hydrogens (primary N) is 1. The highest BCUT2D eigenvalue weighted by Crippen LogP contribution is 2.29. The summed E-state index contributed by atoms with van der Waals surface area (Å²) in [5.74, 6) is 0.796. The van der Waals surface area contributed by atoms with Gasteiger partial charge in [0.25, 0.3) is 0 Å². The highest BCUT2D eigenvalue weighted by Gasteiger charge is 2.12. The molecule has 1 atom stereocenters. The molecule has 0 aliphatic rings. The molecule has 0 bridgehead atoms. The maximum atomic E-state index is 9.78. The summed E-state index contributed by atoms with van der Waals surface area (Å²) in [7, 11) is 1.64. The molecule has 0 amide bonds. The second kappa shape index (κ2) is 4.77. The van der Waals surface area contributed by atoms with E-state index in [1.165, 1.54) is 0 Å². The number of aliphatic hydroxyl groups is 1. The molecule has 4 nitrogen and oxygen atoms in total. The Morgan fingerprint density at radius 1 is 1.47 bits per heavy atom. The lowest BCUT2D eigenvalue weighted by molar-refractivity contribution is 0.200. The third kappa shape index (κ3) is 2.14. The van der Waals surface area contributed by atoms with Crippen LogP contribution in [0, 0.1) is 0 Å². The van der Waals surface area contributed by atoms with Gasteiger partial charge < -0.3 is 20.1 Å². The molecule has 0 radical (unpaired) electrons. The van der Waals surface area contributed by atoms with Gasteiger partial charge in [0.1, 0.15) is 5.75 Å². The average Bonchev–Trinajstić information content (AvgIpc) is 2.68. The first kappa shape index (κ1) is 12.0. The van der Waals surface area contributed by atoms with Crippen molar-refractivity contribution in [2.24, 2.45) is 5.73 Å². The second-order valence-electron chi connectivity index (χ2n) is 4.13. The summed E-state index contributed by atoms with van der Waals surface area (Å²) in [5.41, 5.74) is 7.57. The van der Waals surface area contributed by atoms with E-state index in [-0.39, 0.29) is 0 Å². The van der Waals surface area contributed by atoms with Crippen LogP contribution < -0.4 is 10.5 Å². The maximum Gasteiger partial charge on any atom is 0.119 e. The number of aliphatic hydroxyl groups excluding tert-OH is 1. The average molecular weight is 234 g/mol. The van der Waals surface area contributed by atoms with Gasteiger partial charge in [-0.3, -0.25) is 0 Å². The van der Waals surface area contributed by atoms with Crippen molar-refractivity contribution in [2.45, 2.75) is 19.6 Å². The molecular formula is C13H18N2O2. The molecule has 0 spiro atoms. The van der Waals surface area contributed by atoms with Crippen LogP contribution in [0.25, 0.3) is 10.9 Å². The van der Waals surface area contributed by atoms with Crippen molar-refractivity contribution in [2.75, 3.05) is 13.7 Å². The first-order chi connectivity index (χ1) is 8.17. The third-order valence-electron chi connectivity index (χ3n) is 2.94. The Morgan fingerprint density at radius 2 is 2.24 bits per heavy atom. The van der Waals surface area contributed by atoms with Crippen molar-refractivity contribution < 1.29 is 9.84 Å². The van der Waals surface area contributed by atoms with Crippen molar-refractivity contribution in [1.29, 1.82) is 0 Å². The zero-order valence-electron chi connectivity index (χ0n) is 10.2. The number of benzene rings is 1. The molecule has 0 fully saturated rings. The molecule has 2 aromatic rings. The minimum Gasteiger partial charge on any atom is -0.497 e. The van der Waals surface area contributed by atoms with E-state index >= 15 is 0 Å². The molecule has 4 heteroatoms. The van der Waals surface area contributed by atoms with Crippen LogP contribution in [0.5, 0.6) is 5.75 Å². The van der Waals surface area contributed by atoms with E-state index in [9.17, 15) is 5.11 Å². The van der Waals surface area contributed by atoms with E-state index in [0.717, 1.165) is 28.8 Å². The summed E-state index contributed by atoms with van der Waals surface area (Å²) in [5, 5.41) is 10.8. The molecule has 0 aliphatic carbocycles. The van der Waals surface area contributed by atoms with Gasteiger partial charge in [0.05, 0.1) is 13.2 Å². The SMILES string of the molecule is COc1ccc2c(c1)c(C(C)O)cn2CCN. The van der Waals surface area contributed by atoms with Crippen LogP contribution in [0.4, 0.5) is 0 Å². The van der Waals surface area contributed by atoms with Crippen molar-refractivity contribution in [3.8, 4) is 5.75 Å². The van der Waals surface area contributed by atoms with E-state index in [2.05, 4.69) is 4.57 Å². The Kier molecular flexibility index (Phi) is 3.36. The fraction of sp³-hybridized carbons (Fsp3) is 0.385. The number of hydrogen-bond acceptors (Lipinski definition) is 3. The van der Waals surface area contributed by atoms with Crippen LogP contribution in [0.3, 0.4) is 0 Å². The summed E-state index contributed by atoms with van der Waals surface area (Å²) in [6.07, 6.45) is 1.46. The van der Waals surface area contributed by atoms with Crippen molar-refractivity contribution in [3.63, 3.8) is 0 Å². The van der Waals surface area contributed by atoms with Crippen LogP contribution in [0.1, 0.15) is 18.6 Å². The molecule has 0 aliphatic heterocycles. The van der Waals surface area contributed by atoms with Crippen LogP contribution in [-0.2, 0) is 6.54 Å². The summed E-state index contributed by atoms with van der Waals surface area (Å²) < 4.78 is 7.28. The first-order valence-corrected chi connectivity index (χ1v) is 5.72.